The summed E-state index contributed by atoms with van der Waals surface area (Å²) in [6.07, 6.45) is 10.6. The normalized spacial score (nSPS) is 20.4. The molecule has 0 aliphatic heterocycles. The van der Waals surface area contributed by atoms with Gasteiger partial charge >= 0.3 is 0 Å². The second-order valence-corrected chi connectivity index (χ2v) is 4.27. The van der Waals surface area contributed by atoms with Crippen LogP contribution in [0.5, 0.6) is 0 Å². The zero-order valence-electron chi connectivity index (χ0n) is 8.89. The molecule has 1 unspecified atom stereocenters. The van der Waals surface area contributed by atoms with Gasteiger partial charge in [-0.15, -0.1) is 6.58 Å². The summed E-state index contributed by atoms with van der Waals surface area (Å²) >= 11 is 0. The lowest BCUT2D eigenvalue weighted by molar-refractivity contribution is 0.465. The summed E-state index contributed by atoms with van der Waals surface area (Å²) < 4.78 is 0. The molecular formula is C12H23N. The molecule has 1 saturated carbocycles. The summed E-state index contributed by atoms with van der Waals surface area (Å²) in [5, 5.41) is 3.44. The Morgan fingerprint density at radius 2 is 2.15 bits per heavy atom. The first-order valence-corrected chi connectivity index (χ1v) is 5.69. The lowest BCUT2D eigenvalue weighted by Crippen LogP contribution is -2.24. The van der Waals surface area contributed by atoms with Gasteiger partial charge in [0.15, 0.2) is 0 Å². The molecule has 1 atom stereocenters. The molecule has 0 saturated heterocycles. The highest BCUT2D eigenvalue weighted by atomic mass is 14.9. The second kappa shape index (κ2) is 6.20. The maximum absolute atomic E-state index is 3.75. The maximum atomic E-state index is 3.75. The smallest absolute Gasteiger partial charge is 0.0219 e. The molecule has 0 aromatic rings. The van der Waals surface area contributed by atoms with Crippen molar-refractivity contribution in [1.29, 1.82) is 0 Å². The van der Waals surface area contributed by atoms with Crippen molar-refractivity contribution >= 4 is 0 Å². The van der Waals surface area contributed by atoms with Crippen molar-refractivity contribution in [3.05, 3.63) is 12.7 Å². The minimum absolute atomic E-state index is 0.476. The Hall–Kier alpha value is -0.300. The van der Waals surface area contributed by atoms with E-state index in [1.807, 2.05) is 6.08 Å². The highest BCUT2D eigenvalue weighted by Crippen LogP contribution is 2.28. The lowest BCUT2D eigenvalue weighted by atomic mass is 10.0. The number of hydrogen-bond donors (Lipinski definition) is 1. The Balaban J connectivity index is 1.91. The van der Waals surface area contributed by atoms with Gasteiger partial charge in [-0.3, -0.25) is 0 Å². The first kappa shape index (κ1) is 10.8. The first-order chi connectivity index (χ1) is 6.33. The van der Waals surface area contributed by atoms with E-state index < -0.39 is 0 Å². The van der Waals surface area contributed by atoms with Gasteiger partial charge in [0.25, 0.3) is 0 Å². The van der Waals surface area contributed by atoms with Gasteiger partial charge in [-0.1, -0.05) is 31.8 Å². The molecule has 0 spiro atoms. The molecule has 1 fully saturated rings. The predicted octanol–water partition coefficient (Wildman–Crippen LogP) is 3.12. The van der Waals surface area contributed by atoms with Crippen LogP contribution in [0.1, 0.15) is 45.4 Å². The third-order valence-electron chi connectivity index (χ3n) is 3.08. The molecule has 0 radical (unpaired) electrons. The predicted molar refractivity (Wildman–Crippen MR) is 58.9 cm³/mol. The number of hydrogen-bond acceptors (Lipinski definition) is 1. The summed E-state index contributed by atoms with van der Waals surface area (Å²) in [6, 6.07) is 0.476. The van der Waals surface area contributed by atoms with Crippen LogP contribution in [0.4, 0.5) is 0 Å². The van der Waals surface area contributed by atoms with Crippen molar-refractivity contribution < 1.29 is 0 Å². The van der Waals surface area contributed by atoms with E-state index in [1.54, 1.807) is 0 Å². The van der Waals surface area contributed by atoms with Crippen LogP contribution in [0.2, 0.25) is 0 Å². The molecule has 0 aromatic carbocycles. The third kappa shape index (κ3) is 4.47. The van der Waals surface area contributed by atoms with Crippen LogP contribution in [0, 0.1) is 5.92 Å². The molecule has 0 heterocycles. The average Bonchev–Trinajstić information content (AvgIpc) is 2.64. The SMILES string of the molecule is C=CC(C)NCCCC1CCCC1. The van der Waals surface area contributed by atoms with Crippen LogP contribution in [-0.4, -0.2) is 12.6 Å². The average molecular weight is 181 g/mol. The molecule has 0 amide bonds. The fraction of sp³-hybridized carbons (Fsp3) is 0.833. The van der Waals surface area contributed by atoms with Crippen LogP contribution in [-0.2, 0) is 0 Å². The molecular weight excluding hydrogens is 158 g/mol. The monoisotopic (exact) mass is 181 g/mol. The van der Waals surface area contributed by atoms with E-state index in [-0.39, 0.29) is 0 Å². The van der Waals surface area contributed by atoms with E-state index >= 15 is 0 Å². The van der Waals surface area contributed by atoms with Crippen LogP contribution in [0.15, 0.2) is 12.7 Å². The van der Waals surface area contributed by atoms with Gasteiger partial charge in [0.2, 0.25) is 0 Å². The van der Waals surface area contributed by atoms with Crippen LogP contribution in [0.3, 0.4) is 0 Å². The summed E-state index contributed by atoms with van der Waals surface area (Å²) in [5.41, 5.74) is 0. The molecule has 1 N–H and O–H groups in total. The van der Waals surface area contributed by atoms with E-state index in [1.165, 1.54) is 38.5 Å². The summed E-state index contributed by atoms with van der Waals surface area (Å²) in [7, 11) is 0. The summed E-state index contributed by atoms with van der Waals surface area (Å²) in [6.45, 7) is 7.07. The largest absolute Gasteiger partial charge is 0.311 e. The topological polar surface area (TPSA) is 12.0 Å². The molecule has 13 heavy (non-hydrogen) atoms. The fourth-order valence-corrected chi connectivity index (χ4v) is 2.10. The highest BCUT2D eigenvalue weighted by molar-refractivity contribution is 4.81. The molecule has 1 rings (SSSR count). The molecule has 1 aliphatic carbocycles. The van der Waals surface area contributed by atoms with E-state index in [9.17, 15) is 0 Å². The van der Waals surface area contributed by atoms with E-state index in [4.69, 9.17) is 0 Å². The fourth-order valence-electron chi connectivity index (χ4n) is 2.10. The van der Waals surface area contributed by atoms with Crippen LogP contribution in [0.25, 0.3) is 0 Å². The molecule has 1 nitrogen and oxygen atoms in total. The third-order valence-corrected chi connectivity index (χ3v) is 3.08. The molecule has 1 heteroatoms. The first-order valence-electron chi connectivity index (χ1n) is 5.69. The van der Waals surface area contributed by atoms with Crippen molar-refractivity contribution in [3.8, 4) is 0 Å². The van der Waals surface area contributed by atoms with Crippen molar-refractivity contribution in [1.82, 2.24) is 5.32 Å². The van der Waals surface area contributed by atoms with E-state index in [0.29, 0.717) is 6.04 Å². The molecule has 1 aliphatic rings. The lowest BCUT2D eigenvalue weighted by Gasteiger charge is -2.11. The summed E-state index contributed by atoms with van der Waals surface area (Å²) in [4.78, 5) is 0. The van der Waals surface area contributed by atoms with Gasteiger partial charge in [-0.05, 0) is 32.2 Å². The Morgan fingerprint density at radius 3 is 2.77 bits per heavy atom. The number of rotatable bonds is 6. The van der Waals surface area contributed by atoms with Gasteiger partial charge in [-0.2, -0.15) is 0 Å². The zero-order chi connectivity index (χ0) is 9.52. The zero-order valence-corrected chi connectivity index (χ0v) is 8.89. The standard InChI is InChI=1S/C12H23N/c1-3-11(2)13-10-6-9-12-7-4-5-8-12/h3,11-13H,1,4-10H2,2H3. The van der Waals surface area contributed by atoms with Gasteiger partial charge in [0, 0.05) is 6.04 Å². The van der Waals surface area contributed by atoms with Gasteiger partial charge in [0.1, 0.15) is 0 Å². The van der Waals surface area contributed by atoms with Crippen molar-refractivity contribution in [2.45, 2.75) is 51.5 Å². The summed E-state index contributed by atoms with van der Waals surface area (Å²) in [5.74, 6) is 1.04. The van der Waals surface area contributed by atoms with Crippen molar-refractivity contribution in [2.24, 2.45) is 5.92 Å². The Kier molecular flexibility index (Phi) is 5.14. The quantitative estimate of drug-likeness (QED) is 0.490. The second-order valence-electron chi connectivity index (χ2n) is 4.27. The Bertz CT molecular complexity index is 136. The Morgan fingerprint density at radius 1 is 1.46 bits per heavy atom. The minimum Gasteiger partial charge on any atom is -0.311 e. The van der Waals surface area contributed by atoms with Gasteiger partial charge in [0.05, 0.1) is 0 Å². The maximum Gasteiger partial charge on any atom is 0.0219 e. The van der Waals surface area contributed by atoms with Crippen LogP contribution < -0.4 is 5.32 Å². The van der Waals surface area contributed by atoms with Crippen molar-refractivity contribution in [2.75, 3.05) is 6.54 Å². The minimum atomic E-state index is 0.476. The van der Waals surface area contributed by atoms with Gasteiger partial charge in [-0.25, -0.2) is 0 Å². The van der Waals surface area contributed by atoms with E-state index in [2.05, 4.69) is 18.8 Å². The molecule has 76 valence electrons. The molecule has 0 aromatic heterocycles. The van der Waals surface area contributed by atoms with Gasteiger partial charge < -0.3 is 5.32 Å². The van der Waals surface area contributed by atoms with E-state index in [0.717, 1.165) is 12.5 Å². The number of nitrogens with one attached hydrogen (secondary N) is 1. The Labute approximate surface area is 82.6 Å². The molecule has 0 bridgehead atoms. The highest BCUT2D eigenvalue weighted by Gasteiger charge is 2.13. The van der Waals surface area contributed by atoms with Crippen molar-refractivity contribution in [3.63, 3.8) is 0 Å². The van der Waals surface area contributed by atoms with Crippen LogP contribution >= 0.6 is 0 Å².